The average Bonchev–Trinajstić information content (AvgIpc) is 2.40. The van der Waals surface area contributed by atoms with E-state index in [2.05, 4.69) is 27.9 Å². The van der Waals surface area contributed by atoms with Gasteiger partial charge in [0.1, 0.15) is 5.54 Å². The standard InChI is InChI=1S/C15H21IN2O2/c1-4-20-12-9-15(17,14(12,2)3)13(19)18-11-7-5-10(16)6-8-11/h5-8,12H,4,9,17H2,1-3H3,(H,18,19). The van der Waals surface area contributed by atoms with Gasteiger partial charge in [-0.3, -0.25) is 4.79 Å². The Labute approximate surface area is 133 Å². The van der Waals surface area contributed by atoms with Crippen molar-refractivity contribution in [3.8, 4) is 0 Å². The molecule has 2 unspecified atom stereocenters. The molecule has 20 heavy (non-hydrogen) atoms. The normalized spacial score (nSPS) is 27.8. The number of hydrogen-bond donors (Lipinski definition) is 2. The second kappa shape index (κ2) is 5.61. The molecule has 1 aliphatic carbocycles. The van der Waals surface area contributed by atoms with Crippen molar-refractivity contribution in [1.29, 1.82) is 0 Å². The first kappa shape index (κ1) is 15.7. The fourth-order valence-corrected chi connectivity index (χ4v) is 2.96. The Morgan fingerprint density at radius 2 is 2.05 bits per heavy atom. The van der Waals surface area contributed by atoms with E-state index >= 15 is 0 Å². The van der Waals surface area contributed by atoms with Crippen LogP contribution in [0.25, 0.3) is 0 Å². The molecule has 0 radical (unpaired) electrons. The maximum absolute atomic E-state index is 12.5. The molecule has 2 rings (SSSR count). The third-order valence-corrected chi connectivity index (χ3v) is 5.06. The molecule has 0 saturated heterocycles. The molecule has 0 bridgehead atoms. The van der Waals surface area contributed by atoms with Crippen molar-refractivity contribution in [1.82, 2.24) is 0 Å². The molecular formula is C15H21IN2O2. The first-order valence-electron chi connectivity index (χ1n) is 6.79. The molecule has 1 aliphatic rings. The van der Waals surface area contributed by atoms with Gasteiger partial charge in [-0.15, -0.1) is 0 Å². The van der Waals surface area contributed by atoms with Gasteiger partial charge < -0.3 is 15.8 Å². The van der Waals surface area contributed by atoms with Crippen LogP contribution in [0.2, 0.25) is 0 Å². The first-order valence-corrected chi connectivity index (χ1v) is 7.86. The Morgan fingerprint density at radius 1 is 1.45 bits per heavy atom. The van der Waals surface area contributed by atoms with Gasteiger partial charge in [0.05, 0.1) is 6.10 Å². The summed E-state index contributed by atoms with van der Waals surface area (Å²) >= 11 is 2.23. The zero-order valence-electron chi connectivity index (χ0n) is 12.1. The van der Waals surface area contributed by atoms with Crippen LogP contribution in [0.15, 0.2) is 24.3 Å². The van der Waals surface area contributed by atoms with E-state index in [1.165, 1.54) is 0 Å². The molecule has 0 aliphatic heterocycles. The SMILES string of the molecule is CCOC1CC(N)(C(=O)Nc2ccc(I)cc2)C1(C)C. The summed E-state index contributed by atoms with van der Waals surface area (Å²) in [5.74, 6) is -0.139. The molecule has 3 N–H and O–H groups in total. The summed E-state index contributed by atoms with van der Waals surface area (Å²) in [5.41, 5.74) is 5.86. The van der Waals surface area contributed by atoms with Crippen LogP contribution in [0, 0.1) is 8.99 Å². The van der Waals surface area contributed by atoms with Gasteiger partial charge >= 0.3 is 0 Å². The summed E-state index contributed by atoms with van der Waals surface area (Å²) in [6.45, 7) is 6.58. The lowest BCUT2D eigenvalue weighted by atomic mass is 9.54. The minimum atomic E-state index is -0.879. The van der Waals surface area contributed by atoms with Crippen molar-refractivity contribution < 1.29 is 9.53 Å². The Morgan fingerprint density at radius 3 is 2.55 bits per heavy atom. The van der Waals surface area contributed by atoms with Crippen molar-refractivity contribution in [2.75, 3.05) is 11.9 Å². The summed E-state index contributed by atoms with van der Waals surface area (Å²) in [6.07, 6.45) is 0.601. The van der Waals surface area contributed by atoms with Crippen molar-refractivity contribution in [3.05, 3.63) is 27.8 Å². The number of carbonyl (C=O) groups is 1. The number of anilines is 1. The molecule has 0 heterocycles. The highest BCUT2D eigenvalue weighted by Gasteiger charge is 2.62. The summed E-state index contributed by atoms with van der Waals surface area (Å²) in [6, 6.07) is 7.67. The van der Waals surface area contributed by atoms with Gasteiger partial charge in [0, 0.05) is 27.7 Å². The van der Waals surface area contributed by atoms with Crippen molar-refractivity contribution in [2.24, 2.45) is 11.1 Å². The number of hydrogen-bond acceptors (Lipinski definition) is 3. The number of halogens is 1. The van der Waals surface area contributed by atoms with E-state index in [-0.39, 0.29) is 17.4 Å². The van der Waals surface area contributed by atoms with Crippen molar-refractivity contribution in [2.45, 2.75) is 38.8 Å². The smallest absolute Gasteiger partial charge is 0.245 e. The summed E-state index contributed by atoms with van der Waals surface area (Å²) in [5, 5.41) is 2.91. The van der Waals surface area contributed by atoms with Crippen molar-refractivity contribution >= 4 is 34.2 Å². The van der Waals surface area contributed by atoms with Crippen LogP contribution in [-0.2, 0) is 9.53 Å². The summed E-state index contributed by atoms with van der Waals surface area (Å²) < 4.78 is 6.77. The van der Waals surface area contributed by atoms with Gasteiger partial charge in [0.15, 0.2) is 0 Å². The minimum absolute atomic E-state index is 0.0416. The van der Waals surface area contributed by atoms with Crippen LogP contribution in [0.5, 0.6) is 0 Å². The third-order valence-electron chi connectivity index (χ3n) is 4.34. The van der Waals surface area contributed by atoms with Gasteiger partial charge in [-0.05, 0) is 53.8 Å². The van der Waals surface area contributed by atoms with Crippen LogP contribution < -0.4 is 11.1 Å². The molecule has 1 aromatic carbocycles. The lowest BCUT2D eigenvalue weighted by molar-refractivity contribution is -0.166. The van der Waals surface area contributed by atoms with Gasteiger partial charge in [-0.1, -0.05) is 13.8 Å². The second-order valence-corrected chi connectivity index (χ2v) is 7.05. The zero-order chi connectivity index (χ0) is 15.0. The van der Waals surface area contributed by atoms with E-state index < -0.39 is 5.54 Å². The molecule has 1 amide bonds. The van der Waals surface area contributed by atoms with Gasteiger partial charge in [0.2, 0.25) is 5.91 Å². The van der Waals surface area contributed by atoms with Gasteiger partial charge in [0.25, 0.3) is 0 Å². The molecule has 4 nitrogen and oxygen atoms in total. The average molecular weight is 388 g/mol. The lowest BCUT2D eigenvalue weighted by Crippen LogP contribution is -2.74. The van der Waals surface area contributed by atoms with Gasteiger partial charge in [-0.2, -0.15) is 0 Å². The first-order chi connectivity index (χ1) is 9.31. The molecule has 2 atom stereocenters. The summed E-state index contributed by atoms with van der Waals surface area (Å²) in [7, 11) is 0. The Balaban J connectivity index is 2.08. The maximum atomic E-state index is 12.5. The van der Waals surface area contributed by atoms with E-state index in [0.29, 0.717) is 13.0 Å². The zero-order valence-corrected chi connectivity index (χ0v) is 14.2. The highest BCUT2D eigenvalue weighted by Crippen LogP contribution is 2.50. The number of nitrogens with two attached hydrogens (primary N) is 1. The van der Waals surface area contributed by atoms with Crippen LogP contribution in [-0.4, -0.2) is 24.2 Å². The van der Waals surface area contributed by atoms with Gasteiger partial charge in [-0.25, -0.2) is 0 Å². The maximum Gasteiger partial charge on any atom is 0.245 e. The fourth-order valence-electron chi connectivity index (χ4n) is 2.60. The highest BCUT2D eigenvalue weighted by atomic mass is 127. The molecule has 1 saturated carbocycles. The molecule has 110 valence electrons. The number of rotatable bonds is 4. The molecule has 1 aromatic rings. The van der Waals surface area contributed by atoms with Crippen LogP contribution in [0.3, 0.4) is 0 Å². The second-order valence-electron chi connectivity index (χ2n) is 5.80. The predicted octanol–water partition coefficient (Wildman–Crippen LogP) is 2.76. The number of carbonyl (C=O) groups excluding carboxylic acids is 1. The molecule has 0 spiro atoms. The quantitative estimate of drug-likeness (QED) is 0.780. The van der Waals surface area contributed by atoms with Crippen molar-refractivity contribution in [3.63, 3.8) is 0 Å². The van der Waals surface area contributed by atoms with Crippen LogP contribution in [0.4, 0.5) is 5.69 Å². The number of ether oxygens (including phenoxy) is 1. The highest BCUT2D eigenvalue weighted by molar-refractivity contribution is 14.1. The number of nitrogens with one attached hydrogen (secondary N) is 1. The van der Waals surface area contributed by atoms with E-state index in [1.807, 2.05) is 45.0 Å². The van der Waals surface area contributed by atoms with Crippen LogP contribution in [0.1, 0.15) is 27.2 Å². The topological polar surface area (TPSA) is 64.3 Å². The number of benzene rings is 1. The van der Waals surface area contributed by atoms with Crippen LogP contribution >= 0.6 is 22.6 Å². The van der Waals surface area contributed by atoms with E-state index in [1.54, 1.807) is 0 Å². The number of amides is 1. The largest absolute Gasteiger partial charge is 0.378 e. The fraction of sp³-hybridized carbons (Fsp3) is 0.533. The van der Waals surface area contributed by atoms with E-state index in [9.17, 15) is 4.79 Å². The van der Waals surface area contributed by atoms with E-state index in [0.717, 1.165) is 9.26 Å². The Hall–Kier alpha value is -0.660. The van der Waals surface area contributed by atoms with E-state index in [4.69, 9.17) is 10.5 Å². The third kappa shape index (κ3) is 2.58. The monoisotopic (exact) mass is 388 g/mol. The predicted molar refractivity (Wildman–Crippen MR) is 88.5 cm³/mol. The summed E-state index contributed by atoms with van der Waals surface area (Å²) in [4.78, 5) is 12.5. The Kier molecular flexibility index (Phi) is 4.41. The Bertz CT molecular complexity index is 501. The molecule has 1 fully saturated rings. The lowest BCUT2D eigenvalue weighted by Gasteiger charge is -2.57. The molecule has 0 aromatic heterocycles. The molecular weight excluding hydrogens is 367 g/mol. The molecule has 5 heteroatoms. The minimum Gasteiger partial charge on any atom is -0.378 e.